The van der Waals surface area contributed by atoms with E-state index in [2.05, 4.69) is 34.2 Å². The molecule has 1 amide bonds. The minimum Gasteiger partial charge on any atom is -0.494 e. The average Bonchev–Trinajstić information content (AvgIpc) is 3.34. The third-order valence-corrected chi connectivity index (χ3v) is 7.45. The van der Waals surface area contributed by atoms with Crippen LogP contribution in [-0.4, -0.2) is 65.2 Å². The van der Waals surface area contributed by atoms with Gasteiger partial charge < -0.3 is 29.7 Å². The van der Waals surface area contributed by atoms with E-state index in [4.69, 9.17) is 14.4 Å². The number of nitrogens with zero attached hydrogens (tertiary/aromatic N) is 3. The minimum absolute atomic E-state index is 0.0149. The number of carbonyl (C=O) groups excluding carboxylic acids is 1. The number of hydrogen-bond donors (Lipinski definition) is 3. The lowest BCUT2D eigenvalue weighted by Gasteiger charge is -2.40. The van der Waals surface area contributed by atoms with Gasteiger partial charge in [0.1, 0.15) is 5.75 Å². The highest BCUT2D eigenvalue weighted by molar-refractivity contribution is 5.95. The first kappa shape index (κ1) is 26.4. The molecule has 1 unspecified atom stereocenters. The van der Waals surface area contributed by atoms with Crippen molar-refractivity contribution in [1.82, 2.24) is 15.5 Å². The quantitative estimate of drug-likeness (QED) is 0.401. The van der Waals surface area contributed by atoms with Gasteiger partial charge in [-0.3, -0.25) is 4.79 Å². The number of carbonyl (C=O) groups is 1. The van der Waals surface area contributed by atoms with Crippen LogP contribution in [0.5, 0.6) is 5.75 Å². The van der Waals surface area contributed by atoms with Gasteiger partial charge in [-0.25, -0.2) is 0 Å². The molecule has 36 heavy (non-hydrogen) atoms. The molecule has 4 rings (SSSR count). The maximum Gasteiger partial charge on any atom is 0.266 e. The van der Waals surface area contributed by atoms with Crippen molar-refractivity contribution in [2.75, 3.05) is 37.7 Å². The molecule has 2 aromatic rings. The smallest absolute Gasteiger partial charge is 0.266 e. The molecule has 1 aliphatic heterocycles. The molecule has 0 bridgehead atoms. The molecule has 2 aliphatic rings. The molecule has 198 valence electrons. The van der Waals surface area contributed by atoms with Crippen molar-refractivity contribution >= 4 is 11.9 Å². The number of amides is 1. The van der Waals surface area contributed by atoms with E-state index >= 15 is 0 Å². The number of nitrogens with one attached hydrogen (secondary N) is 1. The fourth-order valence-electron chi connectivity index (χ4n) is 5.30. The van der Waals surface area contributed by atoms with E-state index in [1.165, 1.54) is 0 Å². The van der Waals surface area contributed by atoms with Crippen molar-refractivity contribution in [2.45, 2.75) is 71.3 Å². The topological polar surface area (TPSA) is 121 Å². The van der Waals surface area contributed by atoms with Gasteiger partial charge in [0.2, 0.25) is 5.89 Å². The predicted molar refractivity (Wildman–Crippen MR) is 136 cm³/mol. The molecule has 2 heterocycles. The number of rotatable bonds is 11. The van der Waals surface area contributed by atoms with Crippen molar-refractivity contribution in [2.24, 2.45) is 11.3 Å². The Kier molecular flexibility index (Phi) is 8.51. The molecular weight excluding hydrogens is 460 g/mol. The van der Waals surface area contributed by atoms with Gasteiger partial charge in [0, 0.05) is 31.1 Å². The van der Waals surface area contributed by atoms with Crippen molar-refractivity contribution in [3.8, 4) is 5.75 Å². The number of aromatic nitrogens is 2. The second-order valence-corrected chi connectivity index (χ2v) is 11.1. The summed E-state index contributed by atoms with van der Waals surface area (Å²) in [5.41, 5.74) is 1.73. The van der Waals surface area contributed by atoms with Crippen LogP contribution < -0.4 is 15.0 Å². The SMILES string of the molecule is Cc1cc(OCCCC2CCN(c3noc(C4CC(C)(C)C4)n3)CC2)ccc1C(=O)NCC(O)CO. The van der Waals surface area contributed by atoms with Crippen LogP contribution in [0.4, 0.5) is 5.95 Å². The van der Waals surface area contributed by atoms with Crippen LogP contribution >= 0.6 is 0 Å². The Balaban J connectivity index is 1.14. The number of ether oxygens (including phenoxy) is 1. The van der Waals surface area contributed by atoms with Crippen LogP contribution in [0, 0.1) is 18.3 Å². The highest BCUT2D eigenvalue weighted by Crippen LogP contribution is 2.50. The first-order valence-corrected chi connectivity index (χ1v) is 13.1. The summed E-state index contributed by atoms with van der Waals surface area (Å²) >= 11 is 0. The van der Waals surface area contributed by atoms with Gasteiger partial charge >= 0.3 is 0 Å². The summed E-state index contributed by atoms with van der Waals surface area (Å²) in [6.07, 6.45) is 5.62. The van der Waals surface area contributed by atoms with Crippen LogP contribution in [0.1, 0.15) is 80.1 Å². The summed E-state index contributed by atoms with van der Waals surface area (Å²) in [6.45, 7) is 8.61. The molecule has 1 aromatic carbocycles. The summed E-state index contributed by atoms with van der Waals surface area (Å²) in [5.74, 6) is 3.10. The largest absolute Gasteiger partial charge is 0.494 e. The summed E-state index contributed by atoms with van der Waals surface area (Å²) in [5, 5.41) is 25.1. The van der Waals surface area contributed by atoms with Gasteiger partial charge in [-0.05, 0) is 85.7 Å². The Morgan fingerprint density at radius 3 is 2.72 bits per heavy atom. The molecule has 1 aliphatic carbocycles. The Hall–Kier alpha value is -2.65. The number of piperidine rings is 1. The third kappa shape index (κ3) is 6.76. The number of anilines is 1. The molecule has 9 nitrogen and oxygen atoms in total. The van der Waals surface area contributed by atoms with Crippen molar-refractivity contribution in [1.29, 1.82) is 0 Å². The Bertz CT molecular complexity index is 1010. The van der Waals surface area contributed by atoms with Crippen molar-refractivity contribution < 1.29 is 24.3 Å². The first-order chi connectivity index (χ1) is 17.2. The van der Waals surface area contributed by atoms with Gasteiger partial charge in [-0.1, -0.05) is 13.8 Å². The van der Waals surface area contributed by atoms with Gasteiger partial charge in [-0.2, -0.15) is 4.98 Å². The second kappa shape index (κ2) is 11.6. The standard InChI is InChI=1S/C27H40N4O5/c1-18-13-22(6-7-23(18)24(34)28-16-21(33)17-32)35-12-4-5-19-8-10-31(11-9-19)26-29-25(36-30-26)20-14-27(2,3)15-20/h6-7,13,19-21,32-33H,4-5,8-12,14-17H2,1-3H3,(H,28,34). The molecule has 3 N–H and O–H groups in total. The Morgan fingerprint density at radius 1 is 1.31 bits per heavy atom. The molecule has 0 radical (unpaired) electrons. The monoisotopic (exact) mass is 500 g/mol. The number of aliphatic hydroxyl groups is 2. The van der Waals surface area contributed by atoms with Crippen molar-refractivity contribution in [3.63, 3.8) is 0 Å². The van der Waals surface area contributed by atoms with Crippen LogP contribution in [0.25, 0.3) is 0 Å². The number of aryl methyl sites for hydroxylation is 1. The first-order valence-electron chi connectivity index (χ1n) is 13.1. The molecule has 0 spiro atoms. The lowest BCUT2D eigenvalue weighted by molar-refractivity contribution is 0.0801. The molecule has 9 heteroatoms. The van der Waals surface area contributed by atoms with Gasteiger partial charge in [-0.15, -0.1) is 0 Å². The van der Waals surface area contributed by atoms with Crippen LogP contribution in [0.15, 0.2) is 22.7 Å². The van der Waals surface area contributed by atoms with Gasteiger partial charge in [0.05, 0.1) is 19.3 Å². The number of benzene rings is 1. The van der Waals surface area contributed by atoms with Gasteiger partial charge in [0.25, 0.3) is 11.9 Å². The zero-order valence-electron chi connectivity index (χ0n) is 21.7. The van der Waals surface area contributed by atoms with E-state index in [-0.39, 0.29) is 19.1 Å². The van der Waals surface area contributed by atoms with E-state index < -0.39 is 6.10 Å². The summed E-state index contributed by atoms with van der Waals surface area (Å²) in [4.78, 5) is 19.2. The Labute approximate surface area is 213 Å². The number of aliphatic hydroxyl groups excluding tert-OH is 2. The zero-order valence-corrected chi connectivity index (χ0v) is 21.7. The number of hydrogen-bond acceptors (Lipinski definition) is 8. The minimum atomic E-state index is -0.958. The molecule has 2 fully saturated rings. The lowest BCUT2D eigenvalue weighted by Crippen LogP contribution is -2.34. The second-order valence-electron chi connectivity index (χ2n) is 11.1. The highest BCUT2D eigenvalue weighted by atomic mass is 16.5. The van der Waals surface area contributed by atoms with E-state index in [1.54, 1.807) is 12.1 Å². The molecule has 1 atom stereocenters. The van der Waals surface area contributed by atoms with E-state index in [0.29, 0.717) is 29.4 Å². The summed E-state index contributed by atoms with van der Waals surface area (Å²) in [6, 6.07) is 5.39. The van der Waals surface area contributed by atoms with Crippen LogP contribution in [0.2, 0.25) is 0 Å². The fourth-order valence-corrected chi connectivity index (χ4v) is 5.30. The fraction of sp³-hybridized carbons (Fsp3) is 0.667. The predicted octanol–water partition coefficient (Wildman–Crippen LogP) is 3.44. The normalized spacial score (nSPS) is 19.1. The molecule has 1 saturated carbocycles. The van der Waals surface area contributed by atoms with Gasteiger partial charge in [0.15, 0.2) is 0 Å². The lowest BCUT2D eigenvalue weighted by atomic mass is 9.64. The Morgan fingerprint density at radius 2 is 2.06 bits per heavy atom. The summed E-state index contributed by atoms with van der Waals surface area (Å²) in [7, 11) is 0. The highest BCUT2D eigenvalue weighted by Gasteiger charge is 2.40. The van der Waals surface area contributed by atoms with E-state index in [9.17, 15) is 9.90 Å². The van der Waals surface area contributed by atoms with Crippen LogP contribution in [-0.2, 0) is 0 Å². The molecule has 1 aromatic heterocycles. The maximum absolute atomic E-state index is 12.3. The van der Waals surface area contributed by atoms with Crippen LogP contribution in [0.3, 0.4) is 0 Å². The van der Waals surface area contributed by atoms with Crippen molar-refractivity contribution in [3.05, 3.63) is 35.2 Å². The maximum atomic E-state index is 12.3. The zero-order chi connectivity index (χ0) is 25.7. The van der Waals surface area contributed by atoms with E-state index in [1.807, 2.05) is 13.0 Å². The van der Waals surface area contributed by atoms with E-state index in [0.717, 1.165) is 74.8 Å². The average molecular weight is 501 g/mol. The molecule has 1 saturated heterocycles. The summed E-state index contributed by atoms with van der Waals surface area (Å²) < 4.78 is 11.5. The molecular formula is C27H40N4O5. The third-order valence-electron chi connectivity index (χ3n) is 7.45.